The summed E-state index contributed by atoms with van der Waals surface area (Å²) < 4.78 is 11.3. The van der Waals surface area contributed by atoms with Crippen molar-refractivity contribution >= 4 is 11.9 Å². The molecule has 35 heavy (non-hydrogen) atoms. The first-order valence-electron chi connectivity index (χ1n) is 12.4. The smallest absolute Gasteiger partial charge is 0.346 e. The molecule has 0 heterocycles. The Hall–Kier alpha value is -3.40. The fourth-order valence-electron chi connectivity index (χ4n) is 4.71. The normalized spacial score (nSPS) is 15.7. The highest BCUT2D eigenvalue weighted by molar-refractivity contribution is 6.02. The Labute approximate surface area is 208 Å². The lowest BCUT2D eigenvalue weighted by Crippen LogP contribution is -2.34. The number of benzene rings is 3. The molecular formula is C31H34O4. The van der Waals surface area contributed by atoms with Gasteiger partial charge in [-0.05, 0) is 83.2 Å². The molecule has 182 valence electrons. The van der Waals surface area contributed by atoms with Crippen LogP contribution >= 0.6 is 0 Å². The molecule has 0 amide bonds. The predicted molar refractivity (Wildman–Crippen MR) is 139 cm³/mol. The lowest BCUT2D eigenvalue weighted by molar-refractivity contribution is 0.0398. The van der Waals surface area contributed by atoms with Gasteiger partial charge >= 0.3 is 11.9 Å². The van der Waals surface area contributed by atoms with Crippen molar-refractivity contribution in [2.24, 2.45) is 0 Å². The van der Waals surface area contributed by atoms with Gasteiger partial charge in [0.1, 0.15) is 5.75 Å². The van der Waals surface area contributed by atoms with Gasteiger partial charge in [0.2, 0.25) is 0 Å². The minimum Gasteiger partial charge on any atom is -0.493 e. The molecule has 4 heteroatoms. The van der Waals surface area contributed by atoms with E-state index in [1.54, 1.807) is 42.5 Å². The van der Waals surface area contributed by atoms with Crippen molar-refractivity contribution in [3.05, 3.63) is 89.0 Å². The van der Waals surface area contributed by atoms with Gasteiger partial charge in [-0.1, -0.05) is 65.0 Å². The molecule has 4 rings (SSSR count). The summed E-state index contributed by atoms with van der Waals surface area (Å²) in [6.45, 7) is 12.0. The average Bonchev–Trinajstić information content (AvgIpc) is 2.85. The van der Waals surface area contributed by atoms with Crippen LogP contribution in [0.1, 0.15) is 85.7 Å². The number of hydrogen-bond donors (Lipinski definition) is 0. The van der Waals surface area contributed by atoms with Gasteiger partial charge < -0.3 is 9.47 Å². The summed E-state index contributed by atoms with van der Waals surface area (Å²) in [5, 5.41) is 0. The van der Waals surface area contributed by atoms with E-state index in [1.165, 1.54) is 11.1 Å². The first-order valence-corrected chi connectivity index (χ1v) is 12.4. The van der Waals surface area contributed by atoms with Crippen LogP contribution in [0.4, 0.5) is 0 Å². The van der Waals surface area contributed by atoms with E-state index in [9.17, 15) is 9.59 Å². The Morgan fingerprint density at radius 2 is 1.31 bits per heavy atom. The minimum atomic E-state index is -0.666. The topological polar surface area (TPSA) is 52.6 Å². The Morgan fingerprint density at radius 1 is 0.771 bits per heavy atom. The molecule has 0 unspecified atom stereocenters. The number of carbonyl (C=O) groups excluding carboxylic acids is 2. The molecule has 0 fully saturated rings. The molecule has 0 radical (unpaired) electrons. The first-order chi connectivity index (χ1) is 16.6. The molecular weight excluding hydrogens is 436 g/mol. The summed E-state index contributed by atoms with van der Waals surface area (Å²) >= 11 is 0. The van der Waals surface area contributed by atoms with Crippen molar-refractivity contribution in [1.29, 1.82) is 0 Å². The number of ether oxygens (including phenoxy) is 2. The Bertz CT molecular complexity index is 1220. The second-order valence-corrected chi connectivity index (χ2v) is 10.6. The number of esters is 2. The Morgan fingerprint density at radius 3 is 1.89 bits per heavy atom. The SMILES string of the molecule is CCCOc1cc2c(cc1-c1ccc(C(=O)OC(=O)c3ccccc3)cc1)C(C)(C)CCC2(C)C. The van der Waals surface area contributed by atoms with E-state index in [4.69, 9.17) is 9.47 Å². The molecule has 0 atom stereocenters. The number of hydrogen-bond acceptors (Lipinski definition) is 4. The zero-order valence-corrected chi connectivity index (χ0v) is 21.3. The standard InChI is InChI=1S/C31H34O4/c1-6-18-34-27-20-26-25(30(2,3)16-17-31(26,4)5)19-24(27)21-12-14-23(15-13-21)29(33)35-28(32)22-10-8-7-9-11-22/h7-15,19-20H,6,16-18H2,1-5H3. The summed E-state index contributed by atoms with van der Waals surface area (Å²) in [5.41, 5.74) is 5.51. The van der Waals surface area contributed by atoms with Gasteiger partial charge in [-0.2, -0.15) is 0 Å². The molecule has 3 aromatic carbocycles. The maximum Gasteiger partial charge on any atom is 0.346 e. The van der Waals surface area contributed by atoms with Crippen LogP contribution < -0.4 is 4.74 Å². The van der Waals surface area contributed by atoms with Crippen molar-refractivity contribution in [3.8, 4) is 16.9 Å². The number of carbonyl (C=O) groups is 2. The van der Waals surface area contributed by atoms with Crippen molar-refractivity contribution in [2.75, 3.05) is 6.61 Å². The van der Waals surface area contributed by atoms with Crippen LogP contribution in [0.2, 0.25) is 0 Å². The van der Waals surface area contributed by atoms with Gasteiger partial charge in [0, 0.05) is 5.56 Å². The van der Waals surface area contributed by atoms with E-state index in [1.807, 2.05) is 12.1 Å². The van der Waals surface area contributed by atoms with Crippen LogP contribution in [-0.4, -0.2) is 18.5 Å². The Kier molecular flexibility index (Phi) is 6.84. The zero-order chi connectivity index (χ0) is 25.2. The van der Waals surface area contributed by atoms with E-state index in [0.29, 0.717) is 17.7 Å². The van der Waals surface area contributed by atoms with Gasteiger partial charge in [0.25, 0.3) is 0 Å². The predicted octanol–water partition coefficient (Wildman–Crippen LogP) is 7.49. The maximum absolute atomic E-state index is 12.6. The van der Waals surface area contributed by atoms with Crippen LogP contribution in [0.15, 0.2) is 66.7 Å². The molecule has 1 aliphatic rings. The molecule has 0 aromatic heterocycles. The quantitative estimate of drug-likeness (QED) is 0.277. The van der Waals surface area contributed by atoms with Gasteiger partial charge in [-0.15, -0.1) is 0 Å². The lowest BCUT2D eigenvalue weighted by atomic mass is 9.62. The van der Waals surface area contributed by atoms with Crippen LogP contribution in [0.25, 0.3) is 11.1 Å². The highest BCUT2D eigenvalue weighted by atomic mass is 16.6. The monoisotopic (exact) mass is 470 g/mol. The van der Waals surface area contributed by atoms with E-state index >= 15 is 0 Å². The maximum atomic E-state index is 12.6. The largest absolute Gasteiger partial charge is 0.493 e. The van der Waals surface area contributed by atoms with E-state index < -0.39 is 11.9 Å². The van der Waals surface area contributed by atoms with Gasteiger partial charge in [0.05, 0.1) is 17.7 Å². The Balaban J connectivity index is 1.66. The molecule has 0 spiro atoms. The fraction of sp³-hybridized carbons (Fsp3) is 0.355. The van der Waals surface area contributed by atoms with Crippen molar-refractivity contribution in [2.45, 2.75) is 64.7 Å². The number of rotatable bonds is 6. The molecule has 0 aliphatic heterocycles. The van der Waals surface area contributed by atoms with Gasteiger partial charge in [0.15, 0.2) is 0 Å². The van der Waals surface area contributed by atoms with Crippen molar-refractivity contribution < 1.29 is 19.1 Å². The van der Waals surface area contributed by atoms with Gasteiger partial charge in [-0.3, -0.25) is 0 Å². The molecule has 4 nitrogen and oxygen atoms in total. The van der Waals surface area contributed by atoms with Gasteiger partial charge in [-0.25, -0.2) is 9.59 Å². The van der Waals surface area contributed by atoms with Crippen LogP contribution in [0.5, 0.6) is 5.75 Å². The first kappa shape index (κ1) is 24.7. The lowest BCUT2D eigenvalue weighted by Gasteiger charge is -2.42. The third-order valence-corrected chi connectivity index (χ3v) is 7.04. The summed E-state index contributed by atoms with van der Waals surface area (Å²) in [4.78, 5) is 24.8. The fourth-order valence-corrected chi connectivity index (χ4v) is 4.71. The van der Waals surface area contributed by atoms with Crippen LogP contribution in [0.3, 0.4) is 0 Å². The molecule has 3 aromatic rings. The molecule has 0 bridgehead atoms. The molecule has 0 saturated carbocycles. The average molecular weight is 471 g/mol. The summed E-state index contributed by atoms with van der Waals surface area (Å²) in [6.07, 6.45) is 3.19. The molecule has 0 N–H and O–H groups in total. The van der Waals surface area contributed by atoms with Crippen LogP contribution in [-0.2, 0) is 15.6 Å². The van der Waals surface area contributed by atoms with Crippen molar-refractivity contribution in [1.82, 2.24) is 0 Å². The second-order valence-electron chi connectivity index (χ2n) is 10.6. The number of fused-ring (bicyclic) bond motifs is 1. The van der Waals surface area contributed by atoms with E-state index in [-0.39, 0.29) is 10.8 Å². The third kappa shape index (κ3) is 5.17. The second kappa shape index (κ2) is 9.69. The third-order valence-electron chi connectivity index (χ3n) is 7.04. The highest BCUT2D eigenvalue weighted by Gasteiger charge is 2.38. The summed E-state index contributed by atoms with van der Waals surface area (Å²) in [7, 11) is 0. The highest BCUT2D eigenvalue weighted by Crippen LogP contribution is 2.49. The van der Waals surface area contributed by atoms with E-state index in [2.05, 4.69) is 46.8 Å². The minimum absolute atomic E-state index is 0.0738. The summed E-state index contributed by atoms with van der Waals surface area (Å²) in [6, 6.07) is 20.2. The van der Waals surface area contributed by atoms with Crippen LogP contribution in [0, 0.1) is 0 Å². The van der Waals surface area contributed by atoms with Crippen molar-refractivity contribution in [3.63, 3.8) is 0 Å². The molecule has 0 saturated heterocycles. The summed E-state index contributed by atoms with van der Waals surface area (Å²) in [5.74, 6) is -0.457. The zero-order valence-electron chi connectivity index (χ0n) is 21.3. The molecule has 1 aliphatic carbocycles. The van der Waals surface area contributed by atoms with E-state index in [0.717, 1.165) is 36.1 Å².